The van der Waals surface area contributed by atoms with Crippen molar-refractivity contribution in [1.82, 2.24) is 0 Å². The van der Waals surface area contributed by atoms with E-state index in [4.69, 9.17) is 0 Å². The van der Waals surface area contributed by atoms with Crippen molar-refractivity contribution >= 4 is 45.2 Å². The fraction of sp³-hybridized carbons (Fsp3) is 0.200. The molecular weight excluding hydrogens is 491 g/mol. The zero-order chi connectivity index (χ0) is 15.3. The first kappa shape index (κ1) is 17.7. The molecule has 108 valence electrons. The van der Waals surface area contributed by atoms with Gasteiger partial charge in [-0.1, -0.05) is 18.2 Å². The van der Waals surface area contributed by atoms with E-state index >= 15 is 0 Å². The van der Waals surface area contributed by atoms with Crippen molar-refractivity contribution in [2.75, 3.05) is 0 Å². The molecule has 0 unspecified atom stereocenters. The molecule has 0 spiro atoms. The van der Waals surface area contributed by atoms with Crippen molar-refractivity contribution in [3.8, 4) is 0 Å². The number of benzene rings is 2. The van der Waals surface area contributed by atoms with Crippen LogP contribution in [0.2, 0.25) is 0 Å². The number of alkyl halides is 3. The van der Waals surface area contributed by atoms with Gasteiger partial charge in [-0.05, 0) is 94.4 Å². The van der Waals surface area contributed by atoms with Gasteiger partial charge in [0.05, 0.1) is 5.56 Å². The second kappa shape index (κ2) is 7.63. The first-order chi connectivity index (χ1) is 9.20. The summed E-state index contributed by atoms with van der Waals surface area (Å²) in [6.07, 6.45) is -4.23. The van der Waals surface area contributed by atoms with Gasteiger partial charge in [-0.2, -0.15) is 13.2 Å². The van der Waals surface area contributed by atoms with E-state index in [1.165, 1.54) is 9.13 Å². The molecule has 0 amide bonds. The number of aryl methyl sites for hydroxylation is 2. The molecule has 20 heavy (non-hydrogen) atoms. The molecule has 0 radical (unpaired) electrons. The quantitative estimate of drug-likeness (QED) is 0.374. The Morgan fingerprint density at radius 2 is 1.50 bits per heavy atom. The van der Waals surface area contributed by atoms with Crippen LogP contribution in [0, 0.1) is 21.0 Å². The fourth-order valence-corrected chi connectivity index (χ4v) is 2.67. The molecule has 0 saturated heterocycles. The van der Waals surface area contributed by atoms with Gasteiger partial charge in [0.15, 0.2) is 0 Å². The van der Waals surface area contributed by atoms with Crippen molar-refractivity contribution in [1.29, 1.82) is 0 Å². The highest BCUT2D eigenvalue weighted by molar-refractivity contribution is 14.1. The molecule has 0 heterocycles. The van der Waals surface area contributed by atoms with Gasteiger partial charge in [0.25, 0.3) is 0 Å². The van der Waals surface area contributed by atoms with Crippen molar-refractivity contribution in [3.05, 3.63) is 66.3 Å². The van der Waals surface area contributed by atoms with Crippen LogP contribution >= 0.6 is 45.2 Å². The van der Waals surface area contributed by atoms with Gasteiger partial charge >= 0.3 is 6.18 Å². The van der Waals surface area contributed by atoms with Crippen molar-refractivity contribution in [3.63, 3.8) is 0 Å². The van der Waals surface area contributed by atoms with E-state index in [1.54, 1.807) is 13.0 Å². The lowest BCUT2D eigenvalue weighted by atomic mass is 10.1. The average molecular weight is 504 g/mol. The van der Waals surface area contributed by atoms with Crippen LogP contribution in [0.5, 0.6) is 0 Å². The molecule has 0 aromatic heterocycles. The minimum atomic E-state index is -4.23. The molecule has 0 nitrogen and oxygen atoms in total. The summed E-state index contributed by atoms with van der Waals surface area (Å²) < 4.78 is 38.4. The fourth-order valence-electron chi connectivity index (χ4n) is 1.45. The minimum absolute atomic E-state index is 0.577. The van der Waals surface area contributed by atoms with E-state index in [2.05, 4.69) is 53.8 Å². The maximum atomic E-state index is 12.1. The van der Waals surface area contributed by atoms with E-state index in [1.807, 2.05) is 22.6 Å². The van der Waals surface area contributed by atoms with E-state index < -0.39 is 11.7 Å². The van der Waals surface area contributed by atoms with E-state index in [0.717, 1.165) is 12.1 Å². The Balaban J connectivity index is 0.000000217. The second-order valence-corrected chi connectivity index (χ2v) is 6.67. The number of halogens is 5. The van der Waals surface area contributed by atoms with Crippen LogP contribution in [0.15, 0.2) is 42.5 Å². The summed E-state index contributed by atoms with van der Waals surface area (Å²) in [5.74, 6) is 0. The Kier molecular flexibility index (Phi) is 6.77. The third-order valence-electron chi connectivity index (χ3n) is 2.45. The first-order valence-corrected chi connectivity index (χ1v) is 7.91. The molecule has 0 fully saturated rings. The minimum Gasteiger partial charge on any atom is -0.166 e. The van der Waals surface area contributed by atoms with Crippen molar-refractivity contribution < 1.29 is 13.2 Å². The molecule has 2 aromatic rings. The van der Waals surface area contributed by atoms with Crippen LogP contribution < -0.4 is 0 Å². The molecular formula is C15H13F3I2. The summed E-state index contributed by atoms with van der Waals surface area (Å²) in [5.41, 5.74) is 1.41. The average Bonchev–Trinajstić information content (AvgIpc) is 2.31. The lowest BCUT2D eigenvalue weighted by Gasteiger charge is -2.07. The third-order valence-corrected chi connectivity index (χ3v) is 4.28. The van der Waals surface area contributed by atoms with Crippen LogP contribution in [-0.4, -0.2) is 0 Å². The SMILES string of the molecule is Cc1cc(I)cc(C(F)(F)F)c1.Cc1ccccc1I. The van der Waals surface area contributed by atoms with E-state index in [9.17, 15) is 13.2 Å². The highest BCUT2D eigenvalue weighted by Gasteiger charge is 2.30. The van der Waals surface area contributed by atoms with Crippen LogP contribution in [0.3, 0.4) is 0 Å². The lowest BCUT2D eigenvalue weighted by molar-refractivity contribution is -0.137. The van der Waals surface area contributed by atoms with Gasteiger partial charge in [0.2, 0.25) is 0 Å². The smallest absolute Gasteiger partial charge is 0.166 e. The van der Waals surface area contributed by atoms with Gasteiger partial charge in [-0.25, -0.2) is 0 Å². The monoisotopic (exact) mass is 504 g/mol. The Bertz CT molecular complexity index is 536. The summed E-state index contributed by atoms with van der Waals surface area (Å²) in [6, 6.07) is 12.3. The van der Waals surface area contributed by atoms with E-state index in [0.29, 0.717) is 9.13 Å². The predicted octanol–water partition coefficient (Wildman–Crippen LogP) is 6.22. The Morgan fingerprint density at radius 1 is 0.900 bits per heavy atom. The van der Waals surface area contributed by atoms with Crippen molar-refractivity contribution in [2.24, 2.45) is 0 Å². The Labute approximate surface area is 144 Å². The normalized spacial score (nSPS) is 10.8. The number of rotatable bonds is 0. The molecule has 2 rings (SSSR count). The summed E-state index contributed by atoms with van der Waals surface area (Å²) in [4.78, 5) is 0. The third kappa shape index (κ3) is 5.99. The Morgan fingerprint density at radius 3 is 1.90 bits per heavy atom. The summed E-state index contributed by atoms with van der Waals surface area (Å²) >= 11 is 4.20. The number of hydrogen-bond donors (Lipinski definition) is 0. The first-order valence-electron chi connectivity index (χ1n) is 5.75. The van der Waals surface area contributed by atoms with Gasteiger partial charge in [0.1, 0.15) is 0 Å². The summed E-state index contributed by atoms with van der Waals surface area (Å²) in [7, 11) is 0. The van der Waals surface area contributed by atoms with Crippen LogP contribution in [0.25, 0.3) is 0 Å². The highest BCUT2D eigenvalue weighted by atomic mass is 127. The van der Waals surface area contributed by atoms with Crippen LogP contribution in [0.4, 0.5) is 13.2 Å². The molecule has 0 aliphatic heterocycles. The molecule has 0 N–H and O–H groups in total. The van der Waals surface area contributed by atoms with Gasteiger partial charge in [-0.3, -0.25) is 0 Å². The van der Waals surface area contributed by atoms with Gasteiger partial charge in [-0.15, -0.1) is 0 Å². The molecule has 5 heteroatoms. The number of hydrogen-bond acceptors (Lipinski definition) is 0. The largest absolute Gasteiger partial charge is 0.416 e. The maximum Gasteiger partial charge on any atom is 0.416 e. The standard InChI is InChI=1S/C8H6F3I.C7H7I/c1-5-2-6(8(9,10)11)4-7(12)3-5;1-6-4-2-3-5-7(6)8/h2-4H,1H3;2-5H,1H3. The topological polar surface area (TPSA) is 0 Å². The van der Waals surface area contributed by atoms with Crippen LogP contribution in [0.1, 0.15) is 16.7 Å². The molecule has 0 bridgehead atoms. The highest BCUT2D eigenvalue weighted by Crippen LogP contribution is 2.30. The van der Waals surface area contributed by atoms with Gasteiger partial charge < -0.3 is 0 Å². The van der Waals surface area contributed by atoms with E-state index in [-0.39, 0.29) is 0 Å². The summed E-state index contributed by atoms with van der Waals surface area (Å²) in [5, 5.41) is 0. The summed E-state index contributed by atoms with van der Waals surface area (Å²) in [6.45, 7) is 3.76. The predicted molar refractivity (Wildman–Crippen MR) is 92.8 cm³/mol. The molecule has 0 atom stereocenters. The molecule has 2 aromatic carbocycles. The second-order valence-electron chi connectivity index (χ2n) is 4.26. The van der Waals surface area contributed by atoms with Gasteiger partial charge in [0, 0.05) is 7.14 Å². The zero-order valence-electron chi connectivity index (χ0n) is 10.9. The molecule has 0 saturated carbocycles. The Hall–Kier alpha value is -0.310. The molecule has 0 aliphatic rings. The zero-order valence-corrected chi connectivity index (χ0v) is 15.2. The maximum absolute atomic E-state index is 12.1. The molecule has 0 aliphatic carbocycles. The lowest BCUT2D eigenvalue weighted by Crippen LogP contribution is -2.05. The van der Waals surface area contributed by atoms with Crippen molar-refractivity contribution in [2.45, 2.75) is 20.0 Å². The van der Waals surface area contributed by atoms with Crippen LogP contribution in [-0.2, 0) is 6.18 Å².